The Kier molecular flexibility index (Phi) is 5.25. The largest absolute Gasteiger partial charge is 0.310 e. The highest BCUT2D eigenvalue weighted by atomic mass is 15.4. The number of benzene rings is 3. The van der Waals surface area contributed by atoms with Crippen molar-refractivity contribution in [1.82, 2.24) is 19.3 Å². The van der Waals surface area contributed by atoms with Crippen molar-refractivity contribution in [1.29, 1.82) is 0 Å². The van der Waals surface area contributed by atoms with Crippen LogP contribution in [0.25, 0.3) is 16.7 Å². The summed E-state index contributed by atoms with van der Waals surface area (Å²) in [6.07, 6.45) is 0. The van der Waals surface area contributed by atoms with Gasteiger partial charge < -0.3 is 9.88 Å². The van der Waals surface area contributed by atoms with E-state index in [1.165, 1.54) is 11.1 Å². The SMILES string of the molecule is Cc1ccc(-n2nc(C(C)(C)C)cc2Nc2nc3ccccc3n2Cc2ccccc2)cc1. The van der Waals surface area contributed by atoms with Gasteiger partial charge in [-0.25, -0.2) is 9.67 Å². The Morgan fingerprint density at radius 1 is 0.848 bits per heavy atom. The van der Waals surface area contributed by atoms with Gasteiger partial charge in [-0.3, -0.25) is 0 Å². The number of nitrogens with zero attached hydrogens (tertiary/aromatic N) is 4. The molecule has 0 bridgehead atoms. The predicted molar refractivity (Wildman–Crippen MR) is 136 cm³/mol. The van der Waals surface area contributed by atoms with E-state index >= 15 is 0 Å². The molecule has 0 unspecified atom stereocenters. The smallest absolute Gasteiger partial charge is 0.209 e. The van der Waals surface area contributed by atoms with Crippen molar-refractivity contribution in [2.24, 2.45) is 0 Å². The number of fused-ring (bicyclic) bond motifs is 1. The highest BCUT2D eigenvalue weighted by Crippen LogP contribution is 2.30. The first-order chi connectivity index (χ1) is 15.9. The van der Waals surface area contributed by atoms with E-state index in [-0.39, 0.29) is 5.41 Å². The number of rotatable bonds is 5. The first-order valence-corrected chi connectivity index (χ1v) is 11.3. The monoisotopic (exact) mass is 435 g/mol. The summed E-state index contributed by atoms with van der Waals surface area (Å²) in [4.78, 5) is 4.94. The lowest BCUT2D eigenvalue weighted by Crippen LogP contribution is -2.12. The zero-order chi connectivity index (χ0) is 23.0. The van der Waals surface area contributed by atoms with E-state index in [1.54, 1.807) is 0 Å². The molecular weight excluding hydrogens is 406 g/mol. The Labute approximate surface area is 194 Å². The first kappa shape index (κ1) is 21.0. The van der Waals surface area contributed by atoms with Crippen LogP contribution in [0.3, 0.4) is 0 Å². The van der Waals surface area contributed by atoms with Crippen LogP contribution < -0.4 is 5.32 Å². The van der Waals surface area contributed by atoms with Gasteiger partial charge in [-0.1, -0.05) is 80.9 Å². The van der Waals surface area contributed by atoms with Crippen molar-refractivity contribution in [3.05, 3.63) is 102 Å². The van der Waals surface area contributed by atoms with Gasteiger partial charge in [0.15, 0.2) is 0 Å². The van der Waals surface area contributed by atoms with Gasteiger partial charge in [-0.05, 0) is 36.8 Å². The molecule has 0 radical (unpaired) electrons. The minimum atomic E-state index is -0.0729. The number of anilines is 2. The summed E-state index contributed by atoms with van der Waals surface area (Å²) in [5.41, 5.74) is 6.49. The average molecular weight is 436 g/mol. The van der Waals surface area contributed by atoms with Crippen LogP contribution in [0.5, 0.6) is 0 Å². The molecular formula is C28H29N5. The third kappa shape index (κ3) is 4.27. The number of nitrogens with one attached hydrogen (secondary N) is 1. The van der Waals surface area contributed by atoms with Gasteiger partial charge in [0.1, 0.15) is 5.82 Å². The second-order valence-corrected chi connectivity index (χ2v) is 9.53. The number of hydrogen-bond acceptors (Lipinski definition) is 3. The third-order valence-electron chi connectivity index (χ3n) is 5.83. The molecule has 166 valence electrons. The molecule has 0 aliphatic heterocycles. The lowest BCUT2D eigenvalue weighted by molar-refractivity contribution is 0.560. The van der Waals surface area contributed by atoms with Crippen LogP contribution in [0, 0.1) is 6.92 Å². The molecule has 2 aromatic heterocycles. The zero-order valence-electron chi connectivity index (χ0n) is 19.6. The molecule has 33 heavy (non-hydrogen) atoms. The molecule has 0 aliphatic carbocycles. The molecule has 0 saturated heterocycles. The van der Waals surface area contributed by atoms with Gasteiger partial charge in [0.25, 0.3) is 0 Å². The van der Waals surface area contributed by atoms with Gasteiger partial charge >= 0.3 is 0 Å². The van der Waals surface area contributed by atoms with Crippen molar-refractivity contribution in [2.45, 2.75) is 39.7 Å². The average Bonchev–Trinajstić information content (AvgIpc) is 3.37. The molecule has 5 rings (SSSR count). The fourth-order valence-electron chi connectivity index (χ4n) is 3.93. The molecule has 0 atom stereocenters. The topological polar surface area (TPSA) is 47.7 Å². The van der Waals surface area contributed by atoms with Gasteiger partial charge in [-0.15, -0.1) is 0 Å². The van der Waals surface area contributed by atoms with Crippen LogP contribution in [-0.4, -0.2) is 19.3 Å². The van der Waals surface area contributed by atoms with Crippen LogP contribution in [0.4, 0.5) is 11.8 Å². The number of hydrogen-bond donors (Lipinski definition) is 1. The molecule has 1 N–H and O–H groups in total. The Morgan fingerprint density at radius 2 is 1.55 bits per heavy atom. The molecule has 0 saturated carbocycles. The molecule has 0 amide bonds. The van der Waals surface area contributed by atoms with Gasteiger partial charge in [0.2, 0.25) is 5.95 Å². The summed E-state index contributed by atoms with van der Waals surface area (Å²) in [5.74, 6) is 1.70. The van der Waals surface area contributed by atoms with E-state index in [0.717, 1.165) is 40.7 Å². The lowest BCUT2D eigenvalue weighted by atomic mass is 9.92. The minimum Gasteiger partial charge on any atom is -0.310 e. The van der Waals surface area contributed by atoms with Crippen molar-refractivity contribution in [3.63, 3.8) is 0 Å². The first-order valence-electron chi connectivity index (χ1n) is 11.3. The number of aromatic nitrogens is 4. The normalized spacial score (nSPS) is 11.8. The Balaban J connectivity index is 1.62. The van der Waals surface area contributed by atoms with Gasteiger partial charge in [0, 0.05) is 11.5 Å². The van der Waals surface area contributed by atoms with Crippen LogP contribution in [0.1, 0.15) is 37.6 Å². The van der Waals surface area contributed by atoms with E-state index < -0.39 is 0 Å². The van der Waals surface area contributed by atoms with Gasteiger partial charge in [0.05, 0.1) is 29.0 Å². The molecule has 3 aromatic carbocycles. The molecule has 0 aliphatic rings. The molecule has 5 heteroatoms. The highest BCUT2D eigenvalue weighted by molar-refractivity contribution is 5.79. The predicted octanol–water partition coefficient (Wildman–Crippen LogP) is 6.62. The highest BCUT2D eigenvalue weighted by Gasteiger charge is 2.22. The van der Waals surface area contributed by atoms with Crippen LogP contribution in [-0.2, 0) is 12.0 Å². The summed E-state index contributed by atoms with van der Waals surface area (Å²) >= 11 is 0. The van der Waals surface area contributed by atoms with E-state index in [9.17, 15) is 0 Å². The van der Waals surface area contributed by atoms with Crippen molar-refractivity contribution >= 4 is 22.8 Å². The maximum atomic E-state index is 4.96. The fraction of sp³-hybridized carbons (Fsp3) is 0.214. The van der Waals surface area contributed by atoms with Crippen LogP contribution in [0.2, 0.25) is 0 Å². The Morgan fingerprint density at radius 3 is 2.27 bits per heavy atom. The molecule has 5 nitrogen and oxygen atoms in total. The van der Waals surface area contributed by atoms with Crippen LogP contribution >= 0.6 is 0 Å². The second-order valence-electron chi connectivity index (χ2n) is 9.53. The molecule has 0 fully saturated rings. The van der Waals surface area contributed by atoms with Crippen molar-refractivity contribution < 1.29 is 0 Å². The van der Waals surface area contributed by atoms with E-state index in [2.05, 4.69) is 110 Å². The van der Waals surface area contributed by atoms with Crippen LogP contribution in [0.15, 0.2) is 84.9 Å². The molecule has 5 aromatic rings. The van der Waals surface area contributed by atoms with E-state index in [1.807, 2.05) is 16.8 Å². The second kappa shape index (κ2) is 8.24. The standard InChI is InChI=1S/C28H29N5/c1-20-14-16-22(17-15-20)33-26(18-25(31-33)28(2,3)4)30-27-29-23-12-8-9-13-24(23)32(27)19-21-10-6-5-7-11-21/h5-18H,19H2,1-4H3,(H,29,30). The number of aryl methyl sites for hydroxylation is 1. The fourth-order valence-corrected chi connectivity index (χ4v) is 3.93. The quantitative estimate of drug-likeness (QED) is 0.337. The zero-order valence-corrected chi connectivity index (χ0v) is 19.6. The summed E-state index contributed by atoms with van der Waals surface area (Å²) in [7, 11) is 0. The van der Waals surface area contributed by atoms with Crippen molar-refractivity contribution in [3.8, 4) is 5.69 Å². The molecule has 2 heterocycles. The Hall–Kier alpha value is -3.86. The summed E-state index contributed by atoms with van der Waals surface area (Å²) < 4.78 is 4.21. The third-order valence-corrected chi connectivity index (χ3v) is 5.83. The maximum absolute atomic E-state index is 4.96. The maximum Gasteiger partial charge on any atom is 0.209 e. The summed E-state index contributed by atoms with van der Waals surface area (Å²) in [6.45, 7) is 9.38. The number of imidazole rings is 1. The lowest BCUT2D eigenvalue weighted by Gasteiger charge is -2.14. The summed E-state index contributed by atoms with van der Waals surface area (Å²) in [5, 5.41) is 8.57. The van der Waals surface area contributed by atoms with E-state index in [0.29, 0.717) is 0 Å². The number of para-hydroxylation sites is 2. The molecule has 0 spiro atoms. The van der Waals surface area contributed by atoms with E-state index in [4.69, 9.17) is 10.1 Å². The Bertz CT molecular complexity index is 1390. The summed E-state index contributed by atoms with van der Waals surface area (Å²) in [6, 6.07) is 29.3. The minimum absolute atomic E-state index is 0.0729. The van der Waals surface area contributed by atoms with Gasteiger partial charge in [-0.2, -0.15) is 5.10 Å². The van der Waals surface area contributed by atoms with Crippen molar-refractivity contribution in [2.75, 3.05) is 5.32 Å².